The number of hydrogen-bond donors (Lipinski definition) is 3. The van der Waals surface area contributed by atoms with Crippen LogP contribution in [-0.2, 0) is 42.8 Å². The Bertz CT molecular complexity index is 2790. The number of thiophene rings is 2. The molecule has 5 heterocycles. The van der Waals surface area contributed by atoms with Gasteiger partial charge in [0.05, 0.1) is 24.6 Å². The Balaban J connectivity index is 0.000000239. The first kappa shape index (κ1) is 53.7. The van der Waals surface area contributed by atoms with Crippen LogP contribution in [0.1, 0.15) is 103 Å². The van der Waals surface area contributed by atoms with Gasteiger partial charge >= 0.3 is 11.9 Å². The van der Waals surface area contributed by atoms with Crippen molar-refractivity contribution in [3.05, 3.63) is 137 Å². The van der Waals surface area contributed by atoms with E-state index in [0.29, 0.717) is 27.8 Å². The lowest BCUT2D eigenvalue weighted by molar-refractivity contribution is -0.168. The Morgan fingerprint density at radius 1 is 0.629 bits per heavy atom. The van der Waals surface area contributed by atoms with Crippen LogP contribution in [0.5, 0.6) is 0 Å². The van der Waals surface area contributed by atoms with Gasteiger partial charge < -0.3 is 25.4 Å². The lowest BCUT2D eigenvalue weighted by Gasteiger charge is -2.40. The minimum absolute atomic E-state index is 0.0598. The molecule has 1 aliphatic rings. The number of hydrogen-bond acceptors (Lipinski definition) is 12. The zero-order chi connectivity index (χ0) is 51.1. The van der Waals surface area contributed by atoms with Crippen LogP contribution >= 0.6 is 54.5 Å². The summed E-state index contributed by atoms with van der Waals surface area (Å²) in [6.07, 6.45) is 7.20. The first-order valence-electron chi connectivity index (χ1n) is 22.5. The molecule has 2 atom stereocenters. The zero-order valence-electron chi connectivity index (χ0n) is 40.5. The van der Waals surface area contributed by atoms with Crippen LogP contribution in [0.4, 0.5) is 0 Å². The molecule has 0 aliphatic carbocycles. The number of rotatable bonds is 13. The summed E-state index contributed by atoms with van der Waals surface area (Å²) in [4.78, 5) is 85.6. The van der Waals surface area contributed by atoms with E-state index in [-0.39, 0.29) is 59.9 Å². The minimum atomic E-state index is -1.07. The van der Waals surface area contributed by atoms with Crippen LogP contribution in [0.15, 0.2) is 107 Å². The fraction of sp³-hybridized carbons (Fsp3) is 0.365. The average Bonchev–Trinajstić information content (AvgIpc) is 3.99. The molecule has 0 spiro atoms. The molecule has 0 saturated carbocycles. The zero-order valence-corrected chi connectivity index (χ0v) is 45.3. The van der Waals surface area contributed by atoms with Gasteiger partial charge in [0, 0.05) is 71.6 Å². The van der Waals surface area contributed by atoms with E-state index in [9.17, 15) is 29.1 Å². The van der Waals surface area contributed by atoms with Crippen LogP contribution in [-0.4, -0.2) is 90.4 Å². The number of carbonyl (C=O) groups excluding carboxylic acids is 4. The molecule has 1 saturated heterocycles. The molecule has 70 heavy (non-hydrogen) atoms. The summed E-state index contributed by atoms with van der Waals surface area (Å²) < 4.78 is 7.07. The third kappa shape index (κ3) is 14.9. The first-order valence-corrected chi connectivity index (χ1v) is 25.8. The van der Waals surface area contributed by atoms with E-state index >= 15 is 0 Å². The number of halogens is 2. The molecule has 1 fully saturated rings. The van der Waals surface area contributed by atoms with Crippen molar-refractivity contribution in [3.8, 4) is 22.8 Å². The molecule has 0 radical (unpaired) electrons. The maximum atomic E-state index is 13.6. The van der Waals surface area contributed by atoms with Crippen molar-refractivity contribution in [2.45, 2.75) is 104 Å². The SMILES string of the molecule is CC(C)(C)OC(=O)C1CN(C(=O)[C@H](Cc2ccc(-c3ncc(Br)cn3)cc2)NC(=O)c2ccc(C(C)(C)C)s2)C1.CC(C)(C)c1ccc(C(=O)N[C@@H](Cc2ccc(-c3ncc(Br)cn3)cc2)C(=O)O)s1. The van der Waals surface area contributed by atoms with Crippen molar-refractivity contribution < 1.29 is 33.8 Å². The Hall–Kier alpha value is -5.69. The summed E-state index contributed by atoms with van der Waals surface area (Å²) in [6, 6.07) is 20.6. The van der Waals surface area contributed by atoms with Gasteiger partial charge in [-0.1, -0.05) is 90.1 Å². The van der Waals surface area contributed by atoms with Crippen molar-refractivity contribution in [1.29, 1.82) is 0 Å². The van der Waals surface area contributed by atoms with Crippen molar-refractivity contribution >= 4 is 84.2 Å². The number of nitrogens with zero attached hydrogens (tertiary/aromatic N) is 5. The smallest absolute Gasteiger partial charge is 0.326 e. The lowest BCUT2D eigenvalue weighted by Crippen LogP contribution is -2.59. The fourth-order valence-corrected chi connectivity index (χ4v) is 9.32. The maximum Gasteiger partial charge on any atom is 0.326 e. The molecule has 4 aromatic heterocycles. The van der Waals surface area contributed by atoms with E-state index in [1.807, 2.05) is 81.4 Å². The predicted molar refractivity (Wildman–Crippen MR) is 280 cm³/mol. The number of aliphatic carboxylic acids is 1. The summed E-state index contributed by atoms with van der Waals surface area (Å²) in [5, 5.41) is 15.2. The number of likely N-dealkylation sites (tertiary alicyclic amines) is 1. The van der Waals surface area contributed by atoms with Crippen molar-refractivity contribution in [2.24, 2.45) is 5.92 Å². The first-order chi connectivity index (χ1) is 32.8. The van der Waals surface area contributed by atoms with Crippen LogP contribution in [0.25, 0.3) is 22.8 Å². The van der Waals surface area contributed by atoms with Crippen LogP contribution in [0, 0.1) is 5.92 Å². The summed E-state index contributed by atoms with van der Waals surface area (Å²) >= 11 is 9.46. The number of esters is 1. The number of aromatic nitrogens is 4. The van der Waals surface area contributed by atoms with Gasteiger partial charge in [0.25, 0.3) is 11.8 Å². The largest absolute Gasteiger partial charge is 0.480 e. The Morgan fingerprint density at radius 2 is 1.01 bits per heavy atom. The fourth-order valence-electron chi connectivity index (χ4n) is 6.97. The summed E-state index contributed by atoms with van der Waals surface area (Å²) in [5.41, 5.74) is 2.63. The van der Waals surface area contributed by atoms with E-state index in [0.717, 1.165) is 41.0 Å². The number of benzene rings is 2. The molecule has 2 aromatic carbocycles. The minimum Gasteiger partial charge on any atom is -0.480 e. The molecule has 3 amide bonds. The highest BCUT2D eigenvalue weighted by molar-refractivity contribution is 9.10. The van der Waals surface area contributed by atoms with Crippen LogP contribution in [0.2, 0.25) is 0 Å². The van der Waals surface area contributed by atoms with Gasteiger partial charge in [-0.15, -0.1) is 22.7 Å². The molecule has 6 aromatic rings. The Labute approximate surface area is 433 Å². The lowest BCUT2D eigenvalue weighted by atomic mass is 9.95. The van der Waals surface area contributed by atoms with Gasteiger partial charge in [-0.2, -0.15) is 0 Å². The maximum absolute atomic E-state index is 13.6. The molecule has 14 nitrogen and oxygen atoms in total. The molecule has 0 bridgehead atoms. The monoisotopic (exact) mass is 1110 g/mol. The molecule has 3 N–H and O–H groups in total. The second-order valence-electron chi connectivity index (χ2n) is 19.9. The Morgan fingerprint density at radius 3 is 1.37 bits per heavy atom. The number of carboxylic acids is 1. The predicted octanol–water partition coefficient (Wildman–Crippen LogP) is 10.1. The van der Waals surface area contributed by atoms with E-state index in [4.69, 9.17) is 4.74 Å². The molecule has 18 heteroatoms. The summed E-state index contributed by atoms with van der Waals surface area (Å²) in [5.74, 6) is -1.45. The van der Waals surface area contributed by atoms with Crippen molar-refractivity contribution in [1.82, 2.24) is 35.5 Å². The molecular weight excluding hydrogens is 1060 g/mol. The molecule has 368 valence electrons. The normalized spacial score (nSPS) is 13.8. The highest BCUT2D eigenvalue weighted by Gasteiger charge is 2.41. The Kier molecular flexibility index (Phi) is 17.3. The van der Waals surface area contributed by atoms with E-state index in [1.165, 1.54) is 22.7 Å². The van der Waals surface area contributed by atoms with E-state index in [1.54, 1.807) is 41.8 Å². The summed E-state index contributed by atoms with van der Waals surface area (Å²) in [6.45, 7) is 18.5. The highest BCUT2D eigenvalue weighted by atomic mass is 79.9. The van der Waals surface area contributed by atoms with E-state index in [2.05, 4.69) is 104 Å². The van der Waals surface area contributed by atoms with Gasteiger partial charge in [-0.25, -0.2) is 24.7 Å². The number of carboxylic acid groups (broad SMARTS) is 1. The number of ether oxygens (including phenoxy) is 1. The van der Waals surface area contributed by atoms with E-state index < -0.39 is 23.7 Å². The standard InChI is InChI=1S/C30H35BrN4O4S.C22H22BrN3O3S/c1-29(2,3)24-12-11-23(40-24)26(36)34-22(27(37)35-16-20(17-35)28(38)39-30(4,5)6)13-18-7-9-19(10-8-18)25-32-14-21(31)15-33-25;1-22(2,3)18-9-8-17(30-18)20(27)26-16(21(28)29)10-13-4-6-14(7-5-13)19-24-11-15(23)12-25-19/h7-12,14-15,20,22H,13,16-17H2,1-6H3,(H,34,36);4-9,11-12,16H,10H2,1-3H3,(H,26,27)(H,28,29)/t22-;16-/m00/s1. The van der Waals surface area contributed by atoms with Crippen LogP contribution in [0.3, 0.4) is 0 Å². The second kappa shape index (κ2) is 22.6. The topological polar surface area (TPSA) is 194 Å². The molecule has 0 unspecified atom stereocenters. The van der Waals surface area contributed by atoms with Crippen molar-refractivity contribution in [3.63, 3.8) is 0 Å². The second-order valence-corrected chi connectivity index (χ2v) is 23.9. The van der Waals surface area contributed by atoms with Gasteiger partial charge in [-0.3, -0.25) is 19.2 Å². The van der Waals surface area contributed by atoms with Gasteiger partial charge in [0.15, 0.2) is 11.6 Å². The summed E-state index contributed by atoms with van der Waals surface area (Å²) in [7, 11) is 0. The van der Waals surface area contributed by atoms with Gasteiger partial charge in [-0.05, 0) is 98.9 Å². The van der Waals surface area contributed by atoms with Crippen LogP contribution < -0.4 is 10.6 Å². The van der Waals surface area contributed by atoms with Gasteiger partial charge in [0.2, 0.25) is 5.91 Å². The highest BCUT2D eigenvalue weighted by Crippen LogP contribution is 2.31. The number of nitrogens with one attached hydrogen (secondary N) is 2. The van der Waals surface area contributed by atoms with Crippen molar-refractivity contribution in [2.75, 3.05) is 13.1 Å². The molecular formula is C52H57Br2N7O7S2. The average molecular weight is 1120 g/mol. The molecule has 1 aliphatic heterocycles. The number of carbonyl (C=O) groups is 5. The van der Waals surface area contributed by atoms with Gasteiger partial charge in [0.1, 0.15) is 17.7 Å². The third-order valence-corrected chi connectivity index (χ3v) is 14.7. The quantitative estimate of drug-likeness (QED) is 0.0932. The molecule has 7 rings (SSSR count). The third-order valence-electron chi connectivity index (χ3n) is 10.8. The number of amides is 3.